The first-order valence-electron chi connectivity index (χ1n) is 17.0. The molecule has 0 atom stereocenters. The van der Waals surface area contributed by atoms with Crippen molar-refractivity contribution in [2.45, 2.75) is 19.3 Å². The van der Waals surface area contributed by atoms with E-state index < -0.39 is 0 Å². The van der Waals surface area contributed by atoms with E-state index in [1.165, 1.54) is 5.69 Å². The first kappa shape index (κ1) is 30.0. The van der Waals surface area contributed by atoms with Crippen molar-refractivity contribution in [1.82, 2.24) is 9.13 Å². The number of aromatic nitrogens is 2. The van der Waals surface area contributed by atoms with Gasteiger partial charge >= 0.3 is 0 Å². The van der Waals surface area contributed by atoms with Crippen molar-refractivity contribution in [2.75, 3.05) is 0 Å². The van der Waals surface area contributed by atoms with Crippen LogP contribution < -0.4 is 0 Å². The standard InChI is InChI=1S/C46H29N5/c47-23-22-30-12-19-45-40(24-30)37-8-1-3-10-42(37)50(45)36-17-15-33(16-18-36)34-6-5-7-35(27-34)39-25-31(28-48)13-20-44(39)51-43-11-4-2-9-38(43)41-26-32(29-49)14-21-46(41)51/h1-3,5-10,12-21,24-27H,4,11,22H2. The van der Waals surface area contributed by atoms with Crippen molar-refractivity contribution >= 4 is 38.8 Å². The van der Waals surface area contributed by atoms with Crippen molar-refractivity contribution in [2.24, 2.45) is 0 Å². The second-order valence-corrected chi connectivity index (χ2v) is 13.0. The molecule has 0 saturated carbocycles. The van der Waals surface area contributed by atoms with E-state index in [0.29, 0.717) is 17.5 Å². The molecule has 0 saturated heterocycles. The van der Waals surface area contributed by atoms with Gasteiger partial charge in [0.05, 0.1) is 58.0 Å². The maximum atomic E-state index is 9.95. The SMILES string of the molecule is N#CCc1ccc2c(c1)c1ccccc1n2-c1ccc(-c2cccc(-c3cc(C#N)ccc3-n3c4c(c5cc(C#N)ccc53)C=CCC4)c2)cc1. The smallest absolute Gasteiger partial charge is 0.0991 e. The Morgan fingerprint density at radius 2 is 1.31 bits per heavy atom. The number of allylic oxidation sites excluding steroid dienone is 1. The summed E-state index contributed by atoms with van der Waals surface area (Å²) in [5, 5.41) is 32.3. The highest BCUT2D eigenvalue weighted by Gasteiger charge is 2.22. The van der Waals surface area contributed by atoms with Crippen molar-refractivity contribution < 1.29 is 0 Å². The van der Waals surface area contributed by atoms with Crippen molar-refractivity contribution in [1.29, 1.82) is 15.8 Å². The molecular formula is C46H29N5. The largest absolute Gasteiger partial charge is 0.312 e. The molecule has 6 aromatic carbocycles. The summed E-state index contributed by atoms with van der Waals surface area (Å²) in [4.78, 5) is 0. The van der Waals surface area contributed by atoms with Crippen LogP contribution in [-0.4, -0.2) is 9.13 Å². The fraction of sp³-hybridized carbons (Fsp3) is 0.0652. The number of fused-ring (bicyclic) bond motifs is 6. The Hall–Kier alpha value is -7.13. The summed E-state index contributed by atoms with van der Waals surface area (Å²) in [6.45, 7) is 0. The molecule has 1 aliphatic rings. The molecule has 0 radical (unpaired) electrons. The summed E-state index contributed by atoms with van der Waals surface area (Å²) in [6, 6.07) is 50.7. The zero-order valence-electron chi connectivity index (χ0n) is 27.6. The van der Waals surface area contributed by atoms with Crippen LogP contribution in [0.1, 0.15) is 34.4 Å². The van der Waals surface area contributed by atoms with Crippen LogP contribution in [0.2, 0.25) is 0 Å². The van der Waals surface area contributed by atoms with Crippen LogP contribution in [0.5, 0.6) is 0 Å². The van der Waals surface area contributed by atoms with Gasteiger partial charge in [-0.25, -0.2) is 0 Å². The lowest BCUT2D eigenvalue weighted by atomic mass is 9.96. The Balaban J connectivity index is 1.15. The van der Waals surface area contributed by atoms with Crippen LogP contribution >= 0.6 is 0 Å². The molecule has 238 valence electrons. The van der Waals surface area contributed by atoms with Crippen LogP contribution in [0.25, 0.3) is 72.4 Å². The van der Waals surface area contributed by atoms with Gasteiger partial charge in [-0.2, -0.15) is 15.8 Å². The Kier molecular flexibility index (Phi) is 7.10. The van der Waals surface area contributed by atoms with Gasteiger partial charge in [-0.05, 0) is 108 Å². The molecule has 0 unspecified atom stereocenters. The Morgan fingerprint density at radius 1 is 0.569 bits per heavy atom. The first-order chi connectivity index (χ1) is 25.1. The Morgan fingerprint density at radius 3 is 2.16 bits per heavy atom. The van der Waals surface area contributed by atoms with Crippen LogP contribution in [0, 0.1) is 34.0 Å². The summed E-state index contributed by atoms with van der Waals surface area (Å²) >= 11 is 0. The lowest BCUT2D eigenvalue weighted by molar-refractivity contribution is 0.889. The molecule has 2 aromatic heterocycles. The number of benzene rings is 6. The van der Waals surface area contributed by atoms with Crippen molar-refractivity contribution in [3.63, 3.8) is 0 Å². The van der Waals surface area contributed by atoms with Gasteiger partial charge in [-0.15, -0.1) is 0 Å². The Bertz CT molecular complexity index is 2860. The summed E-state index contributed by atoms with van der Waals surface area (Å²) < 4.78 is 4.61. The molecule has 2 heterocycles. The minimum absolute atomic E-state index is 0.385. The quantitative estimate of drug-likeness (QED) is 0.186. The highest BCUT2D eigenvalue weighted by Crippen LogP contribution is 2.39. The van der Waals surface area contributed by atoms with Gasteiger partial charge in [0.2, 0.25) is 0 Å². The maximum Gasteiger partial charge on any atom is 0.0991 e. The fourth-order valence-corrected chi connectivity index (χ4v) is 7.77. The molecule has 0 spiro atoms. The second-order valence-electron chi connectivity index (χ2n) is 13.0. The average molecular weight is 652 g/mol. The van der Waals surface area contributed by atoms with Crippen LogP contribution in [0.4, 0.5) is 0 Å². The summed E-state index contributed by atoms with van der Waals surface area (Å²) in [5.41, 5.74) is 14.2. The molecule has 0 aliphatic heterocycles. The second kappa shape index (κ2) is 12.1. The first-order valence-corrected chi connectivity index (χ1v) is 17.0. The maximum absolute atomic E-state index is 9.95. The fourth-order valence-electron chi connectivity index (χ4n) is 7.77. The van der Waals surface area contributed by atoms with Gasteiger partial charge in [0.15, 0.2) is 0 Å². The number of nitriles is 3. The zero-order chi connectivity index (χ0) is 34.5. The highest BCUT2D eigenvalue weighted by atomic mass is 15.0. The normalized spacial score (nSPS) is 12.1. The van der Waals surface area contributed by atoms with E-state index in [9.17, 15) is 15.8 Å². The number of nitrogens with zero attached hydrogens (tertiary/aromatic N) is 5. The van der Waals surface area contributed by atoms with E-state index in [0.717, 1.165) is 90.3 Å². The van der Waals surface area contributed by atoms with Gasteiger partial charge < -0.3 is 9.13 Å². The molecular weight excluding hydrogens is 623 g/mol. The molecule has 8 aromatic rings. The van der Waals surface area contributed by atoms with E-state index in [-0.39, 0.29) is 0 Å². The van der Waals surface area contributed by atoms with Crippen LogP contribution in [0.15, 0.2) is 133 Å². The molecule has 5 nitrogen and oxygen atoms in total. The molecule has 5 heteroatoms. The van der Waals surface area contributed by atoms with Gasteiger partial charge in [0.1, 0.15) is 0 Å². The van der Waals surface area contributed by atoms with Gasteiger partial charge in [0.25, 0.3) is 0 Å². The molecule has 51 heavy (non-hydrogen) atoms. The molecule has 0 N–H and O–H groups in total. The summed E-state index contributed by atoms with van der Waals surface area (Å²) in [5.74, 6) is 0. The predicted octanol–water partition coefficient (Wildman–Crippen LogP) is 10.8. The lowest BCUT2D eigenvalue weighted by Gasteiger charge is -2.18. The van der Waals surface area contributed by atoms with E-state index in [4.69, 9.17) is 0 Å². The highest BCUT2D eigenvalue weighted by molar-refractivity contribution is 6.09. The number of rotatable bonds is 5. The number of hydrogen-bond donors (Lipinski definition) is 0. The average Bonchev–Trinajstić information content (AvgIpc) is 3.70. The lowest BCUT2D eigenvalue weighted by Crippen LogP contribution is -2.05. The van der Waals surface area contributed by atoms with Crippen LogP contribution in [-0.2, 0) is 12.8 Å². The van der Waals surface area contributed by atoms with Gasteiger partial charge in [0, 0.05) is 38.7 Å². The molecule has 0 bridgehead atoms. The summed E-state index contributed by atoms with van der Waals surface area (Å²) in [6.07, 6.45) is 6.60. The molecule has 0 amide bonds. The van der Waals surface area contributed by atoms with Crippen molar-refractivity contribution in [3.8, 4) is 51.8 Å². The third kappa shape index (κ3) is 4.90. The van der Waals surface area contributed by atoms with E-state index in [1.54, 1.807) is 0 Å². The van der Waals surface area contributed by atoms with Crippen LogP contribution in [0.3, 0.4) is 0 Å². The minimum atomic E-state index is 0.385. The third-order valence-corrected chi connectivity index (χ3v) is 10.1. The topological polar surface area (TPSA) is 81.2 Å². The number of hydrogen-bond acceptors (Lipinski definition) is 3. The molecule has 0 fully saturated rings. The van der Waals surface area contributed by atoms with Crippen molar-refractivity contribution in [3.05, 3.63) is 161 Å². The monoisotopic (exact) mass is 651 g/mol. The minimum Gasteiger partial charge on any atom is -0.312 e. The molecule has 1 aliphatic carbocycles. The van der Waals surface area contributed by atoms with Gasteiger partial charge in [-0.1, -0.05) is 66.7 Å². The zero-order valence-corrected chi connectivity index (χ0v) is 27.6. The predicted molar refractivity (Wildman–Crippen MR) is 205 cm³/mol. The third-order valence-electron chi connectivity index (χ3n) is 10.1. The van der Waals surface area contributed by atoms with E-state index in [2.05, 4.69) is 130 Å². The van der Waals surface area contributed by atoms with E-state index >= 15 is 0 Å². The van der Waals surface area contributed by atoms with Gasteiger partial charge in [-0.3, -0.25) is 0 Å². The molecule has 9 rings (SSSR count). The Labute approximate surface area is 295 Å². The number of para-hydroxylation sites is 1. The van der Waals surface area contributed by atoms with E-state index in [1.807, 2.05) is 36.4 Å². The summed E-state index contributed by atoms with van der Waals surface area (Å²) in [7, 11) is 0.